The zero-order valence-corrected chi connectivity index (χ0v) is 9.64. The van der Waals surface area contributed by atoms with Crippen molar-refractivity contribution in [2.75, 3.05) is 13.1 Å². The highest BCUT2D eigenvalue weighted by Gasteiger charge is 2.30. The molecule has 88 valence electrons. The molecule has 1 aromatic heterocycles. The van der Waals surface area contributed by atoms with Gasteiger partial charge in [-0.25, -0.2) is 0 Å². The van der Waals surface area contributed by atoms with E-state index in [9.17, 15) is 4.79 Å². The first kappa shape index (κ1) is 10.4. The third-order valence-corrected chi connectivity index (χ3v) is 3.08. The SMILES string of the molecule is Cc1ccc2oc(C(=O)N3CC(N)C3)cc2c1. The molecule has 4 nitrogen and oxygen atoms in total. The molecule has 1 fully saturated rings. The summed E-state index contributed by atoms with van der Waals surface area (Å²) in [4.78, 5) is 13.7. The van der Waals surface area contributed by atoms with Gasteiger partial charge in [-0.15, -0.1) is 0 Å². The molecule has 0 atom stereocenters. The number of amides is 1. The van der Waals surface area contributed by atoms with Crippen LogP contribution in [0.2, 0.25) is 0 Å². The lowest BCUT2D eigenvalue weighted by molar-refractivity contribution is 0.0578. The molecule has 1 aromatic carbocycles. The first-order valence-electron chi connectivity index (χ1n) is 5.68. The van der Waals surface area contributed by atoms with E-state index in [-0.39, 0.29) is 11.9 Å². The Kier molecular flexibility index (Phi) is 2.19. The van der Waals surface area contributed by atoms with Gasteiger partial charge in [0.1, 0.15) is 5.58 Å². The van der Waals surface area contributed by atoms with Gasteiger partial charge in [0.15, 0.2) is 5.76 Å². The number of carbonyl (C=O) groups is 1. The highest BCUT2D eigenvalue weighted by Crippen LogP contribution is 2.22. The second-order valence-corrected chi connectivity index (χ2v) is 4.62. The van der Waals surface area contributed by atoms with Crippen LogP contribution in [0.3, 0.4) is 0 Å². The number of aryl methyl sites for hydroxylation is 1. The van der Waals surface area contributed by atoms with Crippen LogP contribution in [-0.2, 0) is 0 Å². The number of carbonyl (C=O) groups excluding carboxylic acids is 1. The minimum atomic E-state index is -0.0689. The maximum absolute atomic E-state index is 12.0. The molecule has 2 N–H and O–H groups in total. The number of rotatable bonds is 1. The second kappa shape index (κ2) is 3.60. The average Bonchev–Trinajstić information content (AvgIpc) is 2.66. The lowest BCUT2D eigenvalue weighted by Gasteiger charge is -2.36. The van der Waals surface area contributed by atoms with E-state index in [4.69, 9.17) is 10.2 Å². The van der Waals surface area contributed by atoms with Gasteiger partial charge in [-0.3, -0.25) is 4.79 Å². The maximum atomic E-state index is 12.0. The number of furan rings is 1. The van der Waals surface area contributed by atoms with E-state index in [2.05, 4.69) is 0 Å². The van der Waals surface area contributed by atoms with E-state index in [0.29, 0.717) is 18.8 Å². The second-order valence-electron chi connectivity index (χ2n) is 4.62. The fourth-order valence-corrected chi connectivity index (χ4v) is 2.10. The van der Waals surface area contributed by atoms with Gasteiger partial charge in [0.05, 0.1) is 0 Å². The number of hydrogen-bond acceptors (Lipinski definition) is 3. The summed E-state index contributed by atoms with van der Waals surface area (Å²) < 4.78 is 5.54. The summed E-state index contributed by atoms with van der Waals surface area (Å²) in [6.45, 7) is 3.26. The number of nitrogens with two attached hydrogens (primary N) is 1. The molecule has 0 unspecified atom stereocenters. The molecule has 17 heavy (non-hydrogen) atoms. The van der Waals surface area contributed by atoms with Gasteiger partial charge < -0.3 is 15.1 Å². The molecule has 1 amide bonds. The quantitative estimate of drug-likeness (QED) is 0.808. The molecule has 4 heteroatoms. The fraction of sp³-hybridized carbons (Fsp3) is 0.308. The fourth-order valence-electron chi connectivity index (χ4n) is 2.10. The average molecular weight is 230 g/mol. The van der Waals surface area contributed by atoms with Crippen LogP contribution in [0.4, 0.5) is 0 Å². The van der Waals surface area contributed by atoms with Crippen molar-refractivity contribution >= 4 is 16.9 Å². The smallest absolute Gasteiger partial charge is 0.289 e. The van der Waals surface area contributed by atoms with E-state index in [1.165, 1.54) is 0 Å². The number of hydrogen-bond donors (Lipinski definition) is 1. The third-order valence-electron chi connectivity index (χ3n) is 3.08. The Morgan fingerprint density at radius 3 is 2.88 bits per heavy atom. The molecule has 1 aliphatic heterocycles. The van der Waals surface area contributed by atoms with Crippen molar-refractivity contribution < 1.29 is 9.21 Å². The summed E-state index contributed by atoms with van der Waals surface area (Å²) in [5.74, 6) is 0.332. The lowest BCUT2D eigenvalue weighted by Crippen LogP contribution is -2.57. The number of benzene rings is 1. The highest BCUT2D eigenvalue weighted by atomic mass is 16.3. The van der Waals surface area contributed by atoms with Crippen LogP contribution >= 0.6 is 0 Å². The van der Waals surface area contributed by atoms with Crippen LogP contribution in [0.1, 0.15) is 16.1 Å². The molecular formula is C13H14N2O2. The molecular weight excluding hydrogens is 216 g/mol. The van der Waals surface area contributed by atoms with Crippen molar-refractivity contribution in [3.8, 4) is 0 Å². The van der Waals surface area contributed by atoms with Gasteiger partial charge in [0.2, 0.25) is 0 Å². The molecule has 2 heterocycles. The monoisotopic (exact) mass is 230 g/mol. The number of nitrogens with zero attached hydrogens (tertiary/aromatic N) is 1. The Balaban J connectivity index is 1.93. The van der Waals surface area contributed by atoms with Crippen molar-refractivity contribution in [1.82, 2.24) is 4.90 Å². The molecule has 0 aliphatic carbocycles. The number of likely N-dealkylation sites (tertiary alicyclic amines) is 1. The molecule has 1 aliphatic rings. The Labute approximate surface area is 99.0 Å². The van der Waals surface area contributed by atoms with Crippen LogP contribution in [0.5, 0.6) is 0 Å². The summed E-state index contributed by atoms with van der Waals surface area (Å²) in [5.41, 5.74) is 7.56. The maximum Gasteiger partial charge on any atom is 0.289 e. The first-order chi connectivity index (χ1) is 8.13. The molecule has 2 aromatic rings. The van der Waals surface area contributed by atoms with E-state index >= 15 is 0 Å². The van der Waals surface area contributed by atoms with Crippen molar-refractivity contribution in [3.05, 3.63) is 35.6 Å². The van der Waals surface area contributed by atoms with Gasteiger partial charge in [0, 0.05) is 24.5 Å². The normalized spacial score (nSPS) is 16.2. The molecule has 1 saturated heterocycles. The van der Waals surface area contributed by atoms with Crippen LogP contribution in [0.25, 0.3) is 11.0 Å². The van der Waals surface area contributed by atoms with Gasteiger partial charge in [-0.2, -0.15) is 0 Å². The van der Waals surface area contributed by atoms with Crippen molar-refractivity contribution in [2.24, 2.45) is 5.73 Å². The lowest BCUT2D eigenvalue weighted by atomic mass is 10.1. The van der Waals surface area contributed by atoms with Crippen molar-refractivity contribution in [2.45, 2.75) is 13.0 Å². The van der Waals surface area contributed by atoms with Crippen LogP contribution in [0.15, 0.2) is 28.7 Å². The predicted octanol–water partition coefficient (Wildman–Crippen LogP) is 1.52. The molecule has 0 saturated carbocycles. The largest absolute Gasteiger partial charge is 0.451 e. The third kappa shape index (κ3) is 1.70. The first-order valence-corrected chi connectivity index (χ1v) is 5.68. The molecule has 0 radical (unpaired) electrons. The van der Waals surface area contributed by atoms with Gasteiger partial charge in [-0.1, -0.05) is 11.6 Å². The Morgan fingerprint density at radius 1 is 1.41 bits per heavy atom. The van der Waals surface area contributed by atoms with E-state index in [1.807, 2.05) is 25.1 Å². The molecule has 0 spiro atoms. The van der Waals surface area contributed by atoms with Gasteiger partial charge >= 0.3 is 0 Å². The zero-order chi connectivity index (χ0) is 12.0. The molecule has 3 rings (SSSR count). The summed E-state index contributed by atoms with van der Waals surface area (Å²) in [6.07, 6.45) is 0. The van der Waals surface area contributed by atoms with Crippen LogP contribution in [0, 0.1) is 6.92 Å². The highest BCUT2D eigenvalue weighted by molar-refractivity contribution is 5.96. The standard InChI is InChI=1S/C13H14N2O2/c1-8-2-3-11-9(4-8)5-12(17-11)13(16)15-6-10(14)7-15/h2-5,10H,6-7,14H2,1H3. The summed E-state index contributed by atoms with van der Waals surface area (Å²) >= 11 is 0. The summed E-state index contributed by atoms with van der Waals surface area (Å²) in [5, 5.41) is 0.971. The van der Waals surface area contributed by atoms with Crippen LogP contribution < -0.4 is 5.73 Å². The summed E-state index contributed by atoms with van der Waals surface area (Å²) in [7, 11) is 0. The summed E-state index contributed by atoms with van der Waals surface area (Å²) in [6, 6.07) is 7.79. The molecule has 0 bridgehead atoms. The van der Waals surface area contributed by atoms with Crippen molar-refractivity contribution in [1.29, 1.82) is 0 Å². The van der Waals surface area contributed by atoms with Crippen molar-refractivity contribution in [3.63, 3.8) is 0 Å². The van der Waals surface area contributed by atoms with Gasteiger partial charge in [0.25, 0.3) is 5.91 Å². The Hall–Kier alpha value is -1.81. The van der Waals surface area contributed by atoms with Crippen LogP contribution in [-0.4, -0.2) is 29.9 Å². The van der Waals surface area contributed by atoms with Gasteiger partial charge in [-0.05, 0) is 25.1 Å². The predicted molar refractivity (Wildman–Crippen MR) is 64.8 cm³/mol. The number of fused-ring (bicyclic) bond motifs is 1. The minimum Gasteiger partial charge on any atom is -0.451 e. The Bertz CT molecular complexity index is 582. The van der Waals surface area contributed by atoms with E-state index in [0.717, 1.165) is 16.5 Å². The van der Waals surface area contributed by atoms with E-state index < -0.39 is 0 Å². The Morgan fingerprint density at radius 2 is 2.18 bits per heavy atom. The van der Waals surface area contributed by atoms with E-state index in [1.54, 1.807) is 11.0 Å². The minimum absolute atomic E-state index is 0.0689. The topological polar surface area (TPSA) is 59.5 Å². The zero-order valence-electron chi connectivity index (χ0n) is 9.64.